The van der Waals surface area contributed by atoms with Crippen molar-refractivity contribution in [2.45, 2.75) is 65.1 Å². The summed E-state index contributed by atoms with van der Waals surface area (Å²) in [5.74, 6) is 2.05. The molecule has 0 fully saturated rings. The van der Waals surface area contributed by atoms with Crippen molar-refractivity contribution in [1.29, 1.82) is 0 Å². The highest BCUT2D eigenvalue weighted by atomic mass is 16.5. The summed E-state index contributed by atoms with van der Waals surface area (Å²) in [4.78, 5) is 27.9. The number of nitrogens with zero attached hydrogens (tertiary/aromatic N) is 1. The van der Waals surface area contributed by atoms with Crippen LogP contribution in [0.1, 0.15) is 52.0 Å². The van der Waals surface area contributed by atoms with E-state index in [4.69, 9.17) is 14.2 Å². The Labute approximate surface area is 203 Å². The van der Waals surface area contributed by atoms with E-state index >= 15 is 0 Å². The van der Waals surface area contributed by atoms with Crippen molar-refractivity contribution < 1.29 is 23.8 Å². The first-order valence-electron chi connectivity index (χ1n) is 11.9. The molecule has 0 spiro atoms. The summed E-state index contributed by atoms with van der Waals surface area (Å²) in [5, 5.41) is 3.03. The monoisotopic (exact) mass is 470 g/mol. The van der Waals surface area contributed by atoms with E-state index < -0.39 is 6.04 Å². The standard InChI is InChI=1S/C27H38N2O5/c1-6-20(3)28-27(31)25(7-2)29(19-21-10-12-22(32-4)13-11-21)26(30)9-8-18-34-24-16-14-23(33-5)15-17-24/h10-17,20,25H,6-9,18-19H2,1-5H3,(H,28,31)/t20-,25+/m0/s1. The minimum atomic E-state index is -0.536. The molecule has 2 atom stereocenters. The molecule has 0 saturated carbocycles. The normalized spacial score (nSPS) is 12.4. The smallest absolute Gasteiger partial charge is 0.243 e. The van der Waals surface area contributed by atoms with Crippen molar-refractivity contribution >= 4 is 11.8 Å². The Hall–Kier alpha value is -3.22. The molecule has 2 aromatic rings. The molecule has 186 valence electrons. The van der Waals surface area contributed by atoms with Crippen LogP contribution in [0.15, 0.2) is 48.5 Å². The van der Waals surface area contributed by atoms with Gasteiger partial charge in [0.05, 0.1) is 20.8 Å². The average molecular weight is 471 g/mol. The first kappa shape index (κ1) is 27.0. The largest absolute Gasteiger partial charge is 0.497 e. The van der Waals surface area contributed by atoms with Gasteiger partial charge in [-0.25, -0.2) is 0 Å². The van der Waals surface area contributed by atoms with Gasteiger partial charge in [-0.2, -0.15) is 0 Å². The van der Waals surface area contributed by atoms with E-state index in [1.54, 1.807) is 19.1 Å². The fourth-order valence-electron chi connectivity index (χ4n) is 3.52. The number of ether oxygens (including phenoxy) is 3. The molecule has 2 amide bonds. The first-order valence-corrected chi connectivity index (χ1v) is 11.9. The number of carbonyl (C=O) groups excluding carboxylic acids is 2. The lowest BCUT2D eigenvalue weighted by Gasteiger charge is -2.31. The Morgan fingerprint density at radius 1 is 0.882 bits per heavy atom. The SMILES string of the molecule is CC[C@H](C(=O)N[C@@H](C)CC)N(Cc1ccc(OC)cc1)C(=O)CCCOc1ccc(OC)cc1. The number of nitrogens with one attached hydrogen (secondary N) is 1. The highest BCUT2D eigenvalue weighted by Gasteiger charge is 2.29. The zero-order valence-electron chi connectivity index (χ0n) is 21.0. The number of hydrogen-bond donors (Lipinski definition) is 1. The van der Waals surface area contributed by atoms with Crippen molar-refractivity contribution in [3.05, 3.63) is 54.1 Å². The molecule has 0 bridgehead atoms. The Morgan fingerprint density at radius 2 is 1.44 bits per heavy atom. The molecule has 2 aromatic carbocycles. The molecule has 0 aliphatic rings. The molecular weight excluding hydrogens is 432 g/mol. The fourth-order valence-corrected chi connectivity index (χ4v) is 3.52. The number of rotatable bonds is 14. The summed E-state index contributed by atoms with van der Waals surface area (Å²) in [7, 11) is 3.23. The first-order chi connectivity index (χ1) is 16.4. The van der Waals surface area contributed by atoms with E-state index in [0.29, 0.717) is 32.4 Å². The van der Waals surface area contributed by atoms with Crippen molar-refractivity contribution in [2.24, 2.45) is 0 Å². The zero-order chi connectivity index (χ0) is 24.9. The van der Waals surface area contributed by atoms with Crippen LogP contribution in [0.5, 0.6) is 17.2 Å². The fraction of sp³-hybridized carbons (Fsp3) is 0.481. The third kappa shape index (κ3) is 8.28. The number of amides is 2. The third-order valence-corrected chi connectivity index (χ3v) is 5.76. The van der Waals surface area contributed by atoms with Gasteiger partial charge in [-0.15, -0.1) is 0 Å². The van der Waals surface area contributed by atoms with Gasteiger partial charge >= 0.3 is 0 Å². The Kier molecular flexibility index (Phi) is 11.2. The quantitative estimate of drug-likeness (QED) is 0.409. The Bertz CT molecular complexity index is 883. The number of carbonyl (C=O) groups is 2. The summed E-state index contributed by atoms with van der Waals surface area (Å²) in [6, 6.07) is 14.4. The van der Waals surface area contributed by atoms with Crippen LogP contribution in [-0.2, 0) is 16.1 Å². The van der Waals surface area contributed by atoms with Crippen LogP contribution in [-0.4, -0.2) is 49.6 Å². The van der Waals surface area contributed by atoms with Crippen LogP contribution in [0, 0.1) is 0 Å². The maximum atomic E-state index is 13.3. The van der Waals surface area contributed by atoms with Crippen LogP contribution in [0.3, 0.4) is 0 Å². The highest BCUT2D eigenvalue weighted by molar-refractivity contribution is 5.87. The Balaban J connectivity index is 2.05. The van der Waals surface area contributed by atoms with Gasteiger partial charge in [0.2, 0.25) is 11.8 Å². The minimum Gasteiger partial charge on any atom is -0.497 e. The summed E-state index contributed by atoms with van der Waals surface area (Å²) in [6.45, 7) is 6.69. The third-order valence-electron chi connectivity index (χ3n) is 5.76. The second-order valence-electron chi connectivity index (χ2n) is 8.24. The maximum Gasteiger partial charge on any atom is 0.243 e. The van der Waals surface area contributed by atoms with E-state index in [1.807, 2.05) is 69.3 Å². The number of benzene rings is 2. The van der Waals surface area contributed by atoms with Crippen LogP contribution >= 0.6 is 0 Å². The molecule has 2 rings (SSSR count). The van der Waals surface area contributed by atoms with E-state index in [0.717, 1.165) is 29.2 Å². The topological polar surface area (TPSA) is 77.1 Å². The Morgan fingerprint density at radius 3 is 1.97 bits per heavy atom. The number of hydrogen-bond acceptors (Lipinski definition) is 5. The molecule has 1 N–H and O–H groups in total. The van der Waals surface area contributed by atoms with Crippen LogP contribution in [0.25, 0.3) is 0 Å². The van der Waals surface area contributed by atoms with E-state index in [9.17, 15) is 9.59 Å². The summed E-state index contributed by atoms with van der Waals surface area (Å²) < 4.78 is 16.1. The van der Waals surface area contributed by atoms with E-state index in [1.165, 1.54) is 0 Å². The van der Waals surface area contributed by atoms with Crippen LogP contribution in [0.4, 0.5) is 0 Å². The highest BCUT2D eigenvalue weighted by Crippen LogP contribution is 2.19. The van der Waals surface area contributed by atoms with E-state index in [2.05, 4.69) is 5.32 Å². The van der Waals surface area contributed by atoms with E-state index in [-0.39, 0.29) is 17.9 Å². The van der Waals surface area contributed by atoms with Gasteiger partial charge in [-0.1, -0.05) is 26.0 Å². The lowest BCUT2D eigenvalue weighted by atomic mass is 10.1. The summed E-state index contributed by atoms with van der Waals surface area (Å²) in [6.07, 6.45) is 2.20. The molecule has 0 aliphatic heterocycles. The molecule has 7 heteroatoms. The summed E-state index contributed by atoms with van der Waals surface area (Å²) >= 11 is 0. The molecular formula is C27H38N2O5. The second-order valence-corrected chi connectivity index (χ2v) is 8.24. The van der Waals surface area contributed by atoms with Crippen molar-refractivity contribution in [2.75, 3.05) is 20.8 Å². The molecule has 0 radical (unpaired) electrons. The van der Waals surface area contributed by atoms with Gasteiger partial charge in [0.25, 0.3) is 0 Å². The lowest BCUT2D eigenvalue weighted by molar-refractivity contribution is -0.141. The minimum absolute atomic E-state index is 0.0531. The predicted molar refractivity (Wildman–Crippen MR) is 133 cm³/mol. The molecule has 0 aromatic heterocycles. The van der Waals surface area contributed by atoms with Crippen LogP contribution in [0.2, 0.25) is 0 Å². The van der Waals surface area contributed by atoms with Gasteiger partial charge in [-0.3, -0.25) is 9.59 Å². The van der Waals surface area contributed by atoms with Crippen molar-refractivity contribution in [1.82, 2.24) is 10.2 Å². The van der Waals surface area contributed by atoms with Crippen LogP contribution < -0.4 is 19.5 Å². The second kappa shape index (κ2) is 14.1. The molecule has 0 aliphatic carbocycles. The van der Waals surface area contributed by atoms with Gasteiger partial charge in [0, 0.05) is 19.0 Å². The predicted octanol–water partition coefficient (Wildman–Crippen LogP) is 4.58. The summed E-state index contributed by atoms with van der Waals surface area (Å²) in [5.41, 5.74) is 0.943. The lowest BCUT2D eigenvalue weighted by Crippen LogP contribution is -2.50. The van der Waals surface area contributed by atoms with Gasteiger partial charge in [0.1, 0.15) is 23.3 Å². The van der Waals surface area contributed by atoms with Gasteiger partial charge in [-0.05, 0) is 68.1 Å². The maximum absolute atomic E-state index is 13.3. The van der Waals surface area contributed by atoms with Gasteiger partial charge in [0.15, 0.2) is 0 Å². The molecule has 7 nitrogen and oxygen atoms in total. The molecule has 0 saturated heterocycles. The van der Waals surface area contributed by atoms with Gasteiger partial charge < -0.3 is 24.4 Å². The molecule has 0 heterocycles. The van der Waals surface area contributed by atoms with Crippen molar-refractivity contribution in [3.8, 4) is 17.2 Å². The molecule has 0 unspecified atom stereocenters. The molecule has 34 heavy (non-hydrogen) atoms. The number of methoxy groups -OCH3 is 2. The zero-order valence-corrected chi connectivity index (χ0v) is 21.0. The average Bonchev–Trinajstić information content (AvgIpc) is 2.86. The van der Waals surface area contributed by atoms with Crippen molar-refractivity contribution in [3.63, 3.8) is 0 Å².